The van der Waals surface area contributed by atoms with E-state index in [1.807, 2.05) is 30.3 Å². The highest BCUT2D eigenvalue weighted by Gasteiger charge is 2.47. The van der Waals surface area contributed by atoms with Crippen molar-refractivity contribution in [3.8, 4) is 0 Å². The van der Waals surface area contributed by atoms with Gasteiger partial charge in [0.15, 0.2) is 6.29 Å². The molecule has 9 nitrogen and oxygen atoms in total. The van der Waals surface area contributed by atoms with E-state index >= 15 is 0 Å². The number of ether oxygens (including phenoxy) is 4. The van der Waals surface area contributed by atoms with Crippen LogP contribution in [0.3, 0.4) is 0 Å². The van der Waals surface area contributed by atoms with E-state index in [1.165, 1.54) is 6.08 Å². The summed E-state index contributed by atoms with van der Waals surface area (Å²) in [4.78, 5) is 23.4. The minimum Gasteiger partial charge on any atom is -0.463 e. The summed E-state index contributed by atoms with van der Waals surface area (Å²) < 4.78 is 21.0. The van der Waals surface area contributed by atoms with Crippen molar-refractivity contribution in [1.29, 1.82) is 0 Å². The number of rotatable bonds is 6. The molecule has 0 bridgehead atoms. The van der Waals surface area contributed by atoms with Crippen molar-refractivity contribution in [3.05, 3.63) is 42.0 Å². The van der Waals surface area contributed by atoms with Gasteiger partial charge in [0.05, 0.1) is 5.92 Å². The van der Waals surface area contributed by atoms with Crippen LogP contribution in [0.25, 0.3) is 6.08 Å². The Labute approximate surface area is 167 Å². The zero-order valence-corrected chi connectivity index (χ0v) is 15.8. The van der Waals surface area contributed by atoms with Gasteiger partial charge in [0, 0.05) is 6.08 Å². The van der Waals surface area contributed by atoms with E-state index in [4.69, 9.17) is 18.9 Å². The lowest BCUT2D eigenvalue weighted by Gasteiger charge is -2.40. The van der Waals surface area contributed by atoms with Gasteiger partial charge in [0.2, 0.25) is 0 Å². The maximum absolute atomic E-state index is 11.9. The second kappa shape index (κ2) is 9.47. The molecule has 0 spiro atoms. The third kappa shape index (κ3) is 5.20. The Morgan fingerprint density at radius 1 is 1.17 bits per heavy atom. The van der Waals surface area contributed by atoms with Crippen LogP contribution in [0.15, 0.2) is 36.4 Å². The first-order valence-electron chi connectivity index (χ1n) is 9.28. The number of carbonyl (C=O) groups excluding carboxylic acids is 2. The van der Waals surface area contributed by atoms with Crippen LogP contribution in [0.1, 0.15) is 12.5 Å². The van der Waals surface area contributed by atoms with Crippen molar-refractivity contribution < 1.29 is 43.9 Å². The first kappa shape index (κ1) is 21.4. The van der Waals surface area contributed by atoms with Gasteiger partial charge in [-0.05, 0) is 18.6 Å². The van der Waals surface area contributed by atoms with Crippen molar-refractivity contribution in [1.82, 2.24) is 0 Å². The molecule has 7 atom stereocenters. The van der Waals surface area contributed by atoms with Crippen LogP contribution in [0.5, 0.6) is 0 Å². The van der Waals surface area contributed by atoms with Gasteiger partial charge in [-0.25, -0.2) is 4.79 Å². The number of carbonyl (C=O) groups is 2. The minimum atomic E-state index is -1.58. The summed E-state index contributed by atoms with van der Waals surface area (Å²) in [5, 5.41) is 30.3. The molecule has 2 aliphatic rings. The van der Waals surface area contributed by atoms with Crippen LogP contribution in [-0.2, 0) is 28.5 Å². The Morgan fingerprint density at radius 3 is 2.55 bits per heavy atom. The molecule has 0 unspecified atom stereocenters. The molecule has 3 N–H and O–H groups in total. The van der Waals surface area contributed by atoms with E-state index in [9.17, 15) is 24.9 Å². The summed E-state index contributed by atoms with van der Waals surface area (Å²) >= 11 is 0. The Kier molecular flexibility index (Phi) is 6.99. The number of esters is 2. The van der Waals surface area contributed by atoms with E-state index in [2.05, 4.69) is 0 Å². The maximum Gasteiger partial charge on any atom is 0.330 e. The van der Waals surface area contributed by atoms with Crippen LogP contribution in [0.4, 0.5) is 0 Å². The molecule has 2 fully saturated rings. The molecule has 2 saturated heterocycles. The molecule has 9 heteroatoms. The predicted molar refractivity (Wildman–Crippen MR) is 98.1 cm³/mol. The van der Waals surface area contributed by atoms with Crippen molar-refractivity contribution >= 4 is 18.0 Å². The molecule has 0 saturated carbocycles. The number of hydrogen-bond donors (Lipinski definition) is 3. The lowest BCUT2D eigenvalue weighted by molar-refractivity contribution is -0.313. The zero-order valence-electron chi connectivity index (χ0n) is 15.8. The van der Waals surface area contributed by atoms with Crippen LogP contribution >= 0.6 is 0 Å². The lowest BCUT2D eigenvalue weighted by Crippen LogP contribution is -2.60. The van der Waals surface area contributed by atoms with Crippen molar-refractivity contribution in [3.63, 3.8) is 0 Å². The molecule has 3 rings (SSSR count). The first-order chi connectivity index (χ1) is 13.9. The lowest BCUT2D eigenvalue weighted by atomic mass is 9.99. The van der Waals surface area contributed by atoms with Crippen LogP contribution in [-0.4, -0.2) is 77.3 Å². The predicted octanol–water partition coefficient (Wildman–Crippen LogP) is -0.371. The monoisotopic (exact) mass is 408 g/mol. The number of cyclic esters (lactones) is 1. The standard InChI is InChI=1S/C20H24O9/c1-11-13(9-27-19(11)25)28-20-18(24)17(23)16(22)14(29-20)10-26-15(21)8-7-12-5-3-2-4-6-12/h2-8,11,13-14,16-18,20,22-24H,9-10H2,1H3/b8-7+/t11-,13+,14+,16+,17-,18+,20+/m0/s1. The van der Waals surface area contributed by atoms with Gasteiger partial charge in [0.1, 0.15) is 43.7 Å². The SMILES string of the molecule is C[C@@H]1C(=O)OC[C@H]1O[C@@H]1O[C@H](COC(=O)/C=C/c2ccccc2)[C@@H](O)[C@H](O)[C@H]1O. The molecule has 1 aromatic rings. The molecule has 0 amide bonds. The Hall–Kier alpha value is -2.30. The fourth-order valence-corrected chi connectivity index (χ4v) is 3.03. The van der Waals surface area contributed by atoms with Gasteiger partial charge in [-0.1, -0.05) is 30.3 Å². The van der Waals surface area contributed by atoms with E-state index in [-0.39, 0.29) is 13.2 Å². The number of benzene rings is 1. The number of hydrogen-bond acceptors (Lipinski definition) is 9. The Balaban J connectivity index is 1.55. The zero-order chi connectivity index (χ0) is 21.0. The molecule has 2 heterocycles. The highest BCUT2D eigenvalue weighted by atomic mass is 16.7. The smallest absolute Gasteiger partial charge is 0.330 e. The summed E-state index contributed by atoms with van der Waals surface area (Å²) in [6.07, 6.45) is -4.92. The molecule has 0 aliphatic carbocycles. The van der Waals surface area contributed by atoms with E-state index < -0.39 is 54.7 Å². The maximum atomic E-state index is 11.9. The molecule has 0 radical (unpaired) electrons. The molecule has 158 valence electrons. The van der Waals surface area contributed by atoms with Gasteiger partial charge >= 0.3 is 11.9 Å². The third-order valence-electron chi connectivity index (χ3n) is 4.90. The van der Waals surface area contributed by atoms with Crippen molar-refractivity contribution in [2.75, 3.05) is 13.2 Å². The van der Waals surface area contributed by atoms with E-state index in [1.54, 1.807) is 13.0 Å². The minimum absolute atomic E-state index is 0.00480. The van der Waals surface area contributed by atoms with Crippen molar-refractivity contribution in [2.24, 2.45) is 5.92 Å². The Bertz CT molecular complexity index is 735. The summed E-state index contributed by atoms with van der Waals surface area (Å²) in [6.45, 7) is 1.24. The van der Waals surface area contributed by atoms with Gasteiger partial charge < -0.3 is 34.3 Å². The van der Waals surface area contributed by atoms with Crippen LogP contribution in [0, 0.1) is 5.92 Å². The fourth-order valence-electron chi connectivity index (χ4n) is 3.03. The normalized spacial score (nSPS) is 34.9. The fraction of sp³-hybridized carbons (Fsp3) is 0.500. The van der Waals surface area contributed by atoms with Gasteiger partial charge in [0.25, 0.3) is 0 Å². The molecular formula is C20H24O9. The van der Waals surface area contributed by atoms with Gasteiger partial charge in [-0.2, -0.15) is 0 Å². The summed E-state index contributed by atoms with van der Waals surface area (Å²) in [7, 11) is 0. The molecule has 0 aromatic heterocycles. The molecular weight excluding hydrogens is 384 g/mol. The van der Waals surface area contributed by atoms with Crippen LogP contribution < -0.4 is 0 Å². The molecule has 1 aromatic carbocycles. The topological polar surface area (TPSA) is 132 Å². The Morgan fingerprint density at radius 2 is 1.90 bits per heavy atom. The average molecular weight is 408 g/mol. The highest BCUT2D eigenvalue weighted by molar-refractivity contribution is 5.87. The summed E-state index contributed by atoms with van der Waals surface area (Å²) in [5.41, 5.74) is 0.813. The van der Waals surface area contributed by atoms with E-state index in [0.717, 1.165) is 5.56 Å². The van der Waals surface area contributed by atoms with E-state index in [0.29, 0.717) is 0 Å². The number of aliphatic hydroxyl groups is 3. The third-order valence-corrected chi connectivity index (χ3v) is 4.90. The first-order valence-corrected chi connectivity index (χ1v) is 9.28. The summed E-state index contributed by atoms with van der Waals surface area (Å²) in [6, 6.07) is 9.14. The van der Waals surface area contributed by atoms with Crippen LogP contribution in [0.2, 0.25) is 0 Å². The molecule has 29 heavy (non-hydrogen) atoms. The summed E-state index contributed by atoms with van der Waals surface area (Å²) in [5.74, 6) is -1.66. The van der Waals surface area contributed by atoms with Gasteiger partial charge in [-0.3, -0.25) is 4.79 Å². The van der Waals surface area contributed by atoms with Crippen molar-refractivity contribution in [2.45, 2.75) is 43.7 Å². The second-order valence-corrected chi connectivity index (χ2v) is 6.98. The second-order valence-electron chi connectivity index (χ2n) is 6.98. The highest BCUT2D eigenvalue weighted by Crippen LogP contribution is 2.27. The number of aliphatic hydroxyl groups excluding tert-OH is 3. The molecule has 2 aliphatic heterocycles. The largest absolute Gasteiger partial charge is 0.463 e. The quantitative estimate of drug-likeness (QED) is 0.426. The average Bonchev–Trinajstić information content (AvgIpc) is 3.04. The van der Waals surface area contributed by atoms with Gasteiger partial charge in [-0.15, -0.1) is 0 Å².